The van der Waals surface area contributed by atoms with E-state index in [0.717, 1.165) is 19.4 Å². The molecule has 6 heteroatoms. The summed E-state index contributed by atoms with van der Waals surface area (Å²) in [5, 5.41) is 3.43. The number of piperidine rings is 1. The average molecular weight is 291 g/mol. The summed E-state index contributed by atoms with van der Waals surface area (Å²) in [4.78, 5) is 0. The van der Waals surface area contributed by atoms with Crippen molar-refractivity contribution in [3.05, 3.63) is 0 Å². The third-order valence-electron chi connectivity index (χ3n) is 3.40. The zero-order valence-electron chi connectivity index (χ0n) is 12.6. The van der Waals surface area contributed by atoms with E-state index in [1.165, 1.54) is 0 Å². The van der Waals surface area contributed by atoms with E-state index in [0.29, 0.717) is 37.5 Å². The van der Waals surface area contributed by atoms with Gasteiger partial charge in [-0.3, -0.25) is 0 Å². The Morgan fingerprint density at radius 1 is 1.16 bits per heavy atom. The summed E-state index contributed by atoms with van der Waals surface area (Å²) in [7, 11) is -3.27. The Bertz CT molecular complexity index is 347. The molecule has 0 aromatic heterocycles. The molecule has 5 nitrogen and oxygen atoms in total. The second-order valence-corrected chi connectivity index (χ2v) is 7.91. The second kappa shape index (κ2) is 7.57. The maximum Gasteiger partial charge on any atom is 0.279 e. The summed E-state index contributed by atoms with van der Waals surface area (Å²) >= 11 is 0. The minimum absolute atomic E-state index is 0.336. The molecule has 0 unspecified atom stereocenters. The van der Waals surface area contributed by atoms with E-state index in [9.17, 15) is 8.42 Å². The average Bonchev–Trinajstić information content (AvgIpc) is 2.34. The van der Waals surface area contributed by atoms with Gasteiger partial charge in [0.15, 0.2) is 0 Å². The summed E-state index contributed by atoms with van der Waals surface area (Å²) in [5.41, 5.74) is 0. The maximum atomic E-state index is 12.1. The Labute approximate surface area is 118 Å². The maximum absolute atomic E-state index is 12.1. The molecule has 0 saturated carbocycles. The number of hydrogen-bond donors (Lipinski definition) is 2. The largest absolute Gasteiger partial charge is 0.314 e. The lowest BCUT2D eigenvalue weighted by molar-refractivity contribution is 0.261. The first kappa shape index (κ1) is 16.9. The molecule has 0 bridgehead atoms. The third-order valence-corrected chi connectivity index (χ3v) is 4.98. The Balaban J connectivity index is 2.36. The minimum atomic E-state index is -3.27. The summed E-state index contributed by atoms with van der Waals surface area (Å²) in [6, 6.07) is 0.495. The van der Waals surface area contributed by atoms with E-state index in [-0.39, 0.29) is 0 Å². The molecule has 0 amide bonds. The third kappa shape index (κ3) is 6.21. The normalized spacial score (nSPS) is 19.5. The lowest BCUT2D eigenvalue weighted by Gasteiger charge is -2.31. The molecule has 0 spiro atoms. The van der Waals surface area contributed by atoms with Crippen LogP contribution in [-0.4, -0.2) is 44.9 Å². The van der Waals surface area contributed by atoms with Gasteiger partial charge in [-0.05, 0) is 31.2 Å². The van der Waals surface area contributed by atoms with Crippen molar-refractivity contribution in [3.8, 4) is 0 Å². The molecule has 0 aromatic rings. The SMILES string of the molecule is CC(C)CNS(=O)(=O)N1CCC(CNC(C)C)CC1. The van der Waals surface area contributed by atoms with Gasteiger partial charge in [0, 0.05) is 25.7 Å². The van der Waals surface area contributed by atoms with Crippen LogP contribution in [0.5, 0.6) is 0 Å². The van der Waals surface area contributed by atoms with Crippen LogP contribution in [0.2, 0.25) is 0 Å². The lowest BCUT2D eigenvalue weighted by Crippen LogP contribution is -2.47. The molecule has 1 heterocycles. The summed E-state index contributed by atoms with van der Waals surface area (Å²) in [6.07, 6.45) is 1.89. The summed E-state index contributed by atoms with van der Waals surface area (Å²) in [6.45, 7) is 11.1. The molecule has 1 aliphatic rings. The van der Waals surface area contributed by atoms with Gasteiger partial charge in [-0.25, -0.2) is 4.72 Å². The van der Waals surface area contributed by atoms with Crippen molar-refractivity contribution in [1.82, 2.24) is 14.3 Å². The van der Waals surface area contributed by atoms with E-state index in [1.807, 2.05) is 13.8 Å². The molecule has 0 radical (unpaired) electrons. The first-order valence-electron chi connectivity index (χ1n) is 7.29. The van der Waals surface area contributed by atoms with Crippen LogP contribution >= 0.6 is 0 Å². The van der Waals surface area contributed by atoms with Crippen LogP contribution in [0, 0.1) is 11.8 Å². The van der Waals surface area contributed by atoms with Crippen molar-refractivity contribution in [3.63, 3.8) is 0 Å². The monoisotopic (exact) mass is 291 g/mol. The van der Waals surface area contributed by atoms with Crippen LogP contribution in [0.15, 0.2) is 0 Å². The Hall–Kier alpha value is -0.170. The van der Waals surface area contributed by atoms with E-state index in [2.05, 4.69) is 23.9 Å². The number of rotatable bonds is 7. The smallest absolute Gasteiger partial charge is 0.279 e. The van der Waals surface area contributed by atoms with Gasteiger partial charge in [-0.2, -0.15) is 12.7 Å². The van der Waals surface area contributed by atoms with Crippen molar-refractivity contribution in [2.45, 2.75) is 46.6 Å². The van der Waals surface area contributed by atoms with Gasteiger partial charge >= 0.3 is 0 Å². The molecule has 0 aliphatic carbocycles. The van der Waals surface area contributed by atoms with Crippen molar-refractivity contribution >= 4 is 10.2 Å². The van der Waals surface area contributed by atoms with E-state index >= 15 is 0 Å². The zero-order valence-corrected chi connectivity index (χ0v) is 13.5. The van der Waals surface area contributed by atoms with Gasteiger partial charge in [0.2, 0.25) is 0 Å². The van der Waals surface area contributed by atoms with Crippen LogP contribution in [0.4, 0.5) is 0 Å². The minimum Gasteiger partial charge on any atom is -0.314 e. The summed E-state index contributed by atoms with van der Waals surface area (Å²) < 4.78 is 28.4. The molecule has 114 valence electrons. The molecule has 1 rings (SSSR count). The molecular formula is C13H29N3O2S. The van der Waals surface area contributed by atoms with Gasteiger partial charge in [-0.1, -0.05) is 27.7 Å². The van der Waals surface area contributed by atoms with Crippen molar-refractivity contribution in [2.75, 3.05) is 26.2 Å². The van der Waals surface area contributed by atoms with E-state index in [4.69, 9.17) is 0 Å². The fraction of sp³-hybridized carbons (Fsp3) is 1.00. The van der Waals surface area contributed by atoms with E-state index < -0.39 is 10.2 Å². The molecule has 1 fully saturated rings. The lowest BCUT2D eigenvalue weighted by atomic mass is 9.98. The zero-order chi connectivity index (χ0) is 14.5. The predicted molar refractivity (Wildman–Crippen MR) is 79.2 cm³/mol. The Kier molecular flexibility index (Phi) is 6.73. The molecule has 0 aromatic carbocycles. The number of hydrogen-bond acceptors (Lipinski definition) is 3. The van der Waals surface area contributed by atoms with Crippen molar-refractivity contribution < 1.29 is 8.42 Å². The van der Waals surface area contributed by atoms with E-state index in [1.54, 1.807) is 4.31 Å². The van der Waals surface area contributed by atoms with Crippen molar-refractivity contribution in [2.24, 2.45) is 11.8 Å². The quantitative estimate of drug-likeness (QED) is 0.740. The van der Waals surface area contributed by atoms with Crippen LogP contribution in [0.25, 0.3) is 0 Å². The molecule has 0 atom stereocenters. The summed E-state index contributed by atoms with van der Waals surface area (Å²) in [5.74, 6) is 0.932. The van der Waals surface area contributed by atoms with Gasteiger partial charge in [0.25, 0.3) is 10.2 Å². The predicted octanol–water partition coefficient (Wildman–Crippen LogP) is 1.19. The van der Waals surface area contributed by atoms with Crippen LogP contribution in [-0.2, 0) is 10.2 Å². The molecule has 2 N–H and O–H groups in total. The highest BCUT2D eigenvalue weighted by atomic mass is 32.2. The Morgan fingerprint density at radius 2 is 1.74 bits per heavy atom. The Morgan fingerprint density at radius 3 is 2.21 bits per heavy atom. The highest BCUT2D eigenvalue weighted by Gasteiger charge is 2.27. The van der Waals surface area contributed by atoms with Crippen LogP contribution < -0.4 is 10.0 Å². The number of nitrogens with one attached hydrogen (secondary N) is 2. The van der Waals surface area contributed by atoms with Crippen LogP contribution in [0.1, 0.15) is 40.5 Å². The highest BCUT2D eigenvalue weighted by Crippen LogP contribution is 2.18. The topological polar surface area (TPSA) is 61.4 Å². The van der Waals surface area contributed by atoms with Crippen LogP contribution in [0.3, 0.4) is 0 Å². The highest BCUT2D eigenvalue weighted by molar-refractivity contribution is 7.87. The van der Waals surface area contributed by atoms with Crippen molar-refractivity contribution in [1.29, 1.82) is 0 Å². The molecule has 1 saturated heterocycles. The first-order chi connectivity index (χ1) is 8.81. The first-order valence-corrected chi connectivity index (χ1v) is 8.73. The van der Waals surface area contributed by atoms with Gasteiger partial charge in [-0.15, -0.1) is 0 Å². The second-order valence-electron chi connectivity index (χ2n) is 6.15. The molecule has 1 aliphatic heterocycles. The molecular weight excluding hydrogens is 262 g/mol. The standard InChI is InChI=1S/C13H29N3O2S/c1-11(2)9-15-19(17,18)16-7-5-13(6-8-16)10-14-12(3)4/h11-15H,5-10H2,1-4H3. The van der Waals surface area contributed by atoms with Gasteiger partial charge in [0.05, 0.1) is 0 Å². The fourth-order valence-corrected chi connectivity index (χ4v) is 3.54. The number of nitrogens with zero attached hydrogens (tertiary/aromatic N) is 1. The molecule has 19 heavy (non-hydrogen) atoms. The van der Waals surface area contributed by atoms with Gasteiger partial charge in [0.1, 0.15) is 0 Å². The van der Waals surface area contributed by atoms with Gasteiger partial charge < -0.3 is 5.32 Å². The fourth-order valence-electron chi connectivity index (χ4n) is 2.12.